The summed E-state index contributed by atoms with van der Waals surface area (Å²) in [6.07, 6.45) is 2.79. The lowest BCUT2D eigenvalue weighted by molar-refractivity contribution is 0.0900. The fourth-order valence-electron chi connectivity index (χ4n) is 3.37. The van der Waals surface area contributed by atoms with Gasteiger partial charge in [0.25, 0.3) is 0 Å². The highest BCUT2D eigenvalue weighted by Gasteiger charge is 2.26. The highest BCUT2D eigenvalue weighted by Crippen LogP contribution is 2.26. The highest BCUT2D eigenvalue weighted by atomic mass is 19.2. The second-order valence-electron chi connectivity index (χ2n) is 6.62. The van der Waals surface area contributed by atoms with Crippen LogP contribution in [0.2, 0.25) is 0 Å². The van der Waals surface area contributed by atoms with Crippen LogP contribution < -0.4 is 4.90 Å². The van der Waals surface area contributed by atoms with Gasteiger partial charge < -0.3 is 4.90 Å². The van der Waals surface area contributed by atoms with Gasteiger partial charge in [-0.25, -0.2) is 18.2 Å². The average molecular weight is 371 g/mol. The SMILES string of the molecule is O=C(c1ccc(F)cc1)C1CCN(c2cnc3cc(F)c(F)cc3n2)CC1. The number of Topliss-reactive ketones (excluding diaryl/α,β-unsaturated/α-hetero) is 1. The Balaban J connectivity index is 1.47. The van der Waals surface area contributed by atoms with Crippen LogP contribution in [0.15, 0.2) is 42.6 Å². The molecule has 4 rings (SSSR count). The summed E-state index contributed by atoms with van der Waals surface area (Å²) in [6, 6.07) is 7.64. The van der Waals surface area contributed by atoms with E-state index in [-0.39, 0.29) is 23.0 Å². The first-order valence-electron chi connectivity index (χ1n) is 8.68. The molecule has 0 spiro atoms. The molecule has 3 aromatic rings. The Morgan fingerprint density at radius 3 is 2.26 bits per heavy atom. The molecule has 2 aromatic carbocycles. The van der Waals surface area contributed by atoms with Gasteiger partial charge in [0.15, 0.2) is 17.4 Å². The van der Waals surface area contributed by atoms with E-state index in [0.717, 1.165) is 12.1 Å². The summed E-state index contributed by atoms with van der Waals surface area (Å²) < 4.78 is 39.7. The monoisotopic (exact) mass is 371 g/mol. The van der Waals surface area contributed by atoms with Crippen LogP contribution >= 0.6 is 0 Å². The standard InChI is InChI=1S/C20H16F3N3O/c21-14-3-1-12(2-4-14)20(27)13-5-7-26(8-6-13)19-11-24-17-9-15(22)16(23)10-18(17)25-19/h1-4,9-11,13H,5-8H2. The third kappa shape index (κ3) is 3.49. The summed E-state index contributed by atoms with van der Waals surface area (Å²) >= 11 is 0. The van der Waals surface area contributed by atoms with Gasteiger partial charge >= 0.3 is 0 Å². The van der Waals surface area contributed by atoms with Gasteiger partial charge in [-0.05, 0) is 37.1 Å². The van der Waals surface area contributed by atoms with Gasteiger partial charge in [-0.3, -0.25) is 9.78 Å². The Kier molecular flexibility index (Phi) is 4.51. The number of hydrogen-bond acceptors (Lipinski definition) is 4. The quantitative estimate of drug-likeness (QED) is 0.649. The Morgan fingerprint density at radius 2 is 1.59 bits per heavy atom. The van der Waals surface area contributed by atoms with E-state index in [1.54, 1.807) is 0 Å². The van der Waals surface area contributed by atoms with Crippen molar-refractivity contribution in [2.75, 3.05) is 18.0 Å². The fourth-order valence-corrected chi connectivity index (χ4v) is 3.37. The van der Waals surface area contributed by atoms with Crippen LogP contribution in [0.1, 0.15) is 23.2 Å². The summed E-state index contributed by atoms with van der Waals surface area (Å²) in [7, 11) is 0. The molecule has 0 bridgehead atoms. The van der Waals surface area contributed by atoms with Crippen molar-refractivity contribution < 1.29 is 18.0 Å². The van der Waals surface area contributed by atoms with Gasteiger partial charge in [-0.15, -0.1) is 0 Å². The van der Waals surface area contributed by atoms with E-state index in [0.29, 0.717) is 42.8 Å². The van der Waals surface area contributed by atoms with Gasteiger partial charge in [0, 0.05) is 36.7 Å². The Bertz CT molecular complexity index is 999. The maximum Gasteiger partial charge on any atom is 0.166 e. The minimum absolute atomic E-state index is 0.0109. The number of aromatic nitrogens is 2. The fraction of sp³-hybridized carbons (Fsp3) is 0.250. The number of ketones is 1. The number of carbonyl (C=O) groups is 1. The van der Waals surface area contributed by atoms with E-state index in [2.05, 4.69) is 9.97 Å². The second kappa shape index (κ2) is 6.98. The number of fused-ring (bicyclic) bond motifs is 1. The third-order valence-corrected chi connectivity index (χ3v) is 4.89. The Morgan fingerprint density at radius 1 is 0.963 bits per heavy atom. The molecule has 1 fully saturated rings. The van der Waals surface area contributed by atoms with E-state index in [1.807, 2.05) is 4.90 Å². The minimum atomic E-state index is -0.961. The van der Waals surface area contributed by atoms with E-state index in [9.17, 15) is 18.0 Å². The molecule has 2 heterocycles. The van der Waals surface area contributed by atoms with Crippen LogP contribution in [0.4, 0.5) is 19.0 Å². The van der Waals surface area contributed by atoms with Crippen molar-refractivity contribution in [1.82, 2.24) is 9.97 Å². The molecule has 7 heteroatoms. The Hall–Kier alpha value is -2.96. The summed E-state index contributed by atoms with van der Waals surface area (Å²) in [4.78, 5) is 23.1. The number of nitrogens with zero attached hydrogens (tertiary/aromatic N) is 3. The smallest absolute Gasteiger partial charge is 0.166 e. The van der Waals surface area contributed by atoms with Gasteiger partial charge in [0.2, 0.25) is 0 Å². The van der Waals surface area contributed by atoms with Crippen LogP contribution in [0.3, 0.4) is 0 Å². The van der Waals surface area contributed by atoms with Crippen LogP contribution in [-0.2, 0) is 0 Å². The van der Waals surface area contributed by atoms with Crippen molar-refractivity contribution in [3.05, 3.63) is 65.6 Å². The number of hydrogen-bond donors (Lipinski definition) is 0. The lowest BCUT2D eigenvalue weighted by atomic mass is 9.89. The zero-order chi connectivity index (χ0) is 19.0. The summed E-state index contributed by atoms with van der Waals surface area (Å²) in [5, 5.41) is 0. The summed E-state index contributed by atoms with van der Waals surface area (Å²) in [5.74, 6) is -1.83. The Labute approximate surface area is 153 Å². The summed E-state index contributed by atoms with van der Waals surface area (Å²) in [6.45, 7) is 1.20. The van der Waals surface area contributed by atoms with Gasteiger partial charge in [-0.1, -0.05) is 0 Å². The molecular formula is C20H16F3N3O. The molecule has 1 saturated heterocycles. The maximum absolute atomic E-state index is 13.4. The third-order valence-electron chi connectivity index (χ3n) is 4.89. The normalized spacial score (nSPS) is 15.3. The molecule has 0 saturated carbocycles. The zero-order valence-corrected chi connectivity index (χ0v) is 14.3. The molecule has 0 N–H and O–H groups in total. The van der Waals surface area contributed by atoms with Crippen molar-refractivity contribution in [1.29, 1.82) is 0 Å². The van der Waals surface area contributed by atoms with E-state index in [1.165, 1.54) is 30.5 Å². The molecule has 0 radical (unpaired) electrons. The molecule has 138 valence electrons. The molecule has 1 aliphatic rings. The largest absolute Gasteiger partial charge is 0.355 e. The second-order valence-corrected chi connectivity index (χ2v) is 6.62. The molecule has 1 aliphatic heterocycles. The molecular weight excluding hydrogens is 355 g/mol. The number of anilines is 1. The topological polar surface area (TPSA) is 46.1 Å². The van der Waals surface area contributed by atoms with Crippen molar-refractivity contribution in [2.24, 2.45) is 5.92 Å². The van der Waals surface area contributed by atoms with Gasteiger partial charge in [-0.2, -0.15) is 0 Å². The molecule has 4 nitrogen and oxygen atoms in total. The number of halogens is 3. The molecule has 1 aromatic heterocycles. The molecule has 0 amide bonds. The predicted octanol–water partition coefficient (Wildman–Crippen LogP) is 4.15. The maximum atomic E-state index is 13.4. The highest BCUT2D eigenvalue weighted by molar-refractivity contribution is 5.98. The van der Waals surface area contributed by atoms with Gasteiger partial charge in [0.1, 0.15) is 11.6 Å². The van der Waals surface area contributed by atoms with Crippen LogP contribution in [0.5, 0.6) is 0 Å². The van der Waals surface area contributed by atoms with Gasteiger partial charge in [0.05, 0.1) is 17.2 Å². The number of piperidine rings is 1. The van der Waals surface area contributed by atoms with Crippen LogP contribution in [0, 0.1) is 23.4 Å². The molecule has 0 atom stereocenters. The predicted molar refractivity (Wildman–Crippen MR) is 95.1 cm³/mol. The van der Waals surface area contributed by atoms with E-state index >= 15 is 0 Å². The van der Waals surface area contributed by atoms with E-state index in [4.69, 9.17) is 0 Å². The van der Waals surface area contributed by atoms with Crippen molar-refractivity contribution >= 4 is 22.6 Å². The lowest BCUT2D eigenvalue weighted by Gasteiger charge is -2.32. The number of carbonyl (C=O) groups excluding carboxylic acids is 1. The van der Waals surface area contributed by atoms with Crippen molar-refractivity contribution in [3.63, 3.8) is 0 Å². The first-order chi connectivity index (χ1) is 13.0. The van der Waals surface area contributed by atoms with Crippen molar-refractivity contribution in [3.8, 4) is 0 Å². The van der Waals surface area contributed by atoms with Crippen LogP contribution in [-0.4, -0.2) is 28.8 Å². The summed E-state index contributed by atoms with van der Waals surface area (Å²) in [5.41, 5.74) is 1.09. The molecule has 27 heavy (non-hydrogen) atoms. The number of benzene rings is 2. The number of rotatable bonds is 3. The first kappa shape index (κ1) is 17.5. The molecule has 0 unspecified atom stereocenters. The lowest BCUT2D eigenvalue weighted by Crippen LogP contribution is -2.37. The minimum Gasteiger partial charge on any atom is -0.355 e. The first-order valence-corrected chi connectivity index (χ1v) is 8.68. The molecule has 0 aliphatic carbocycles. The van der Waals surface area contributed by atoms with Crippen molar-refractivity contribution in [2.45, 2.75) is 12.8 Å². The van der Waals surface area contributed by atoms with Crippen LogP contribution in [0.25, 0.3) is 11.0 Å². The average Bonchev–Trinajstić information content (AvgIpc) is 2.69. The zero-order valence-electron chi connectivity index (χ0n) is 14.3. The van der Waals surface area contributed by atoms with E-state index < -0.39 is 11.6 Å².